The van der Waals surface area contributed by atoms with Crippen LogP contribution < -0.4 is 5.32 Å². The lowest BCUT2D eigenvalue weighted by atomic mass is 10.7. The van der Waals surface area contributed by atoms with Crippen molar-refractivity contribution in [2.45, 2.75) is 55.4 Å². The highest BCUT2D eigenvalue weighted by molar-refractivity contribution is 5.53. The van der Waals surface area contributed by atoms with E-state index < -0.39 is 0 Å². The maximum absolute atomic E-state index is 3.93. The normalized spacial score (nSPS) is 6.77. The van der Waals surface area contributed by atoms with E-state index in [1.807, 2.05) is 55.4 Å². The summed E-state index contributed by atoms with van der Waals surface area (Å²) in [6, 6.07) is 0. The minimum atomic E-state index is 0.868. The first-order valence-corrected chi connectivity index (χ1v) is 5.63. The second-order valence-electron chi connectivity index (χ2n) is 1.19. The van der Waals surface area contributed by atoms with Crippen LogP contribution in [0.1, 0.15) is 55.4 Å². The molecule has 0 aromatic carbocycles. The van der Waals surface area contributed by atoms with Crippen LogP contribution in [-0.4, -0.2) is 19.4 Å². The van der Waals surface area contributed by atoms with E-state index in [9.17, 15) is 0 Å². The second-order valence-corrected chi connectivity index (χ2v) is 1.19. The lowest BCUT2D eigenvalue weighted by Crippen LogP contribution is -2.08. The fourth-order valence-electron chi connectivity index (χ4n) is 0.247. The van der Waals surface area contributed by atoms with Gasteiger partial charge in [-0.1, -0.05) is 41.5 Å². The molecule has 0 aliphatic heterocycles. The van der Waals surface area contributed by atoms with E-state index in [1.54, 1.807) is 6.34 Å². The first kappa shape index (κ1) is 22.9. The molecule has 2 nitrogen and oxygen atoms in total. The average molecular weight is 190 g/mol. The minimum Gasteiger partial charge on any atom is -0.377 e. The summed E-state index contributed by atoms with van der Waals surface area (Å²) >= 11 is 0. The van der Waals surface area contributed by atoms with Gasteiger partial charge in [0.15, 0.2) is 0 Å². The number of nitrogens with one attached hydrogen (secondary N) is 1. The predicted molar refractivity (Wildman–Crippen MR) is 66.8 cm³/mol. The molecule has 0 fully saturated rings. The Balaban J connectivity index is -0.0000000573. The Morgan fingerprint density at radius 2 is 1.31 bits per heavy atom. The van der Waals surface area contributed by atoms with Crippen LogP contribution in [0, 0.1) is 0 Å². The highest BCUT2D eigenvalue weighted by Crippen LogP contribution is 1.57. The van der Waals surface area contributed by atoms with Gasteiger partial charge < -0.3 is 5.32 Å². The van der Waals surface area contributed by atoms with Gasteiger partial charge in [-0.15, -0.1) is 0 Å². The molecule has 0 bridgehead atoms. The Morgan fingerprint density at radius 3 is 1.54 bits per heavy atom. The first-order valence-electron chi connectivity index (χ1n) is 5.63. The molecule has 0 spiro atoms. The third-order valence-electron chi connectivity index (χ3n) is 0.569. The van der Waals surface area contributed by atoms with Gasteiger partial charge in [0.05, 0.1) is 6.34 Å². The average Bonchev–Trinajstić information content (AvgIpc) is 2.27. The van der Waals surface area contributed by atoms with E-state index in [1.165, 1.54) is 0 Å². The van der Waals surface area contributed by atoms with Gasteiger partial charge in [-0.25, -0.2) is 0 Å². The van der Waals surface area contributed by atoms with Gasteiger partial charge in [0, 0.05) is 13.1 Å². The third kappa shape index (κ3) is 85.4. The Kier molecular flexibility index (Phi) is 111. The molecule has 0 saturated carbocycles. The molecule has 13 heavy (non-hydrogen) atoms. The largest absolute Gasteiger partial charge is 0.377 e. The lowest BCUT2D eigenvalue weighted by molar-refractivity contribution is 0.972. The summed E-state index contributed by atoms with van der Waals surface area (Å²) in [6.07, 6.45) is 1.74. The second kappa shape index (κ2) is 62.9. The number of aliphatic imine (C=N–C) groups is 1. The highest BCUT2D eigenvalue weighted by atomic mass is 14.9. The van der Waals surface area contributed by atoms with Crippen molar-refractivity contribution in [3.63, 3.8) is 0 Å². The van der Waals surface area contributed by atoms with Crippen molar-refractivity contribution in [3.05, 3.63) is 0 Å². The van der Waals surface area contributed by atoms with Crippen LogP contribution in [0.3, 0.4) is 0 Å². The molecule has 1 N–H and O–H groups in total. The minimum absolute atomic E-state index is 0.868. The van der Waals surface area contributed by atoms with E-state index >= 15 is 0 Å². The zero-order valence-electron chi connectivity index (χ0n) is 10.9. The zero-order valence-corrected chi connectivity index (χ0v) is 10.9. The van der Waals surface area contributed by atoms with Gasteiger partial charge in [0.25, 0.3) is 0 Å². The molecule has 0 saturated heterocycles. The SMILES string of the molecule is CC.CC.CC.CCN=CNCC. The van der Waals surface area contributed by atoms with Crippen LogP contribution in [-0.2, 0) is 0 Å². The number of rotatable bonds is 3. The fourth-order valence-corrected chi connectivity index (χ4v) is 0.247. The molecule has 0 unspecified atom stereocenters. The van der Waals surface area contributed by atoms with Crippen molar-refractivity contribution in [1.29, 1.82) is 0 Å². The summed E-state index contributed by atoms with van der Waals surface area (Å²) in [5, 5.41) is 2.96. The molecular formula is C11H30N2. The highest BCUT2D eigenvalue weighted by Gasteiger charge is 1.63. The molecular weight excluding hydrogens is 160 g/mol. The number of hydrogen-bond donors (Lipinski definition) is 1. The summed E-state index contributed by atoms with van der Waals surface area (Å²) < 4.78 is 0. The summed E-state index contributed by atoms with van der Waals surface area (Å²) in [6.45, 7) is 17.9. The van der Waals surface area contributed by atoms with Crippen molar-refractivity contribution in [3.8, 4) is 0 Å². The van der Waals surface area contributed by atoms with Crippen LogP contribution in [0.5, 0.6) is 0 Å². The molecule has 0 amide bonds. The molecule has 0 radical (unpaired) electrons. The van der Waals surface area contributed by atoms with Crippen LogP contribution in [0.15, 0.2) is 4.99 Å². The maximum Gasteiger partial charge on any atom is 0.0823 e. The maximum atomic E-state index is 3.93. The summed E-state index contributed by atoms with van der Waals surface area (Å²) in [5.74, 6) is 0. The van der Waals surface area contributed by atoms with E-state index in [2.05, 4.69) is 10.3 Å². The number of hydrogen-bond acceptors (Lipinski definition) is 1. The van der Waals surface area contributed by atoms with Gasteiger partial charge in [-0.2, -0.15) is 0 Å². The Bertz CT molecular complexity index is 52.1. The van der Waals surface area contributed by atoms with Crippen molar-refractivity contribution < 1.29 is 0 Å². The Morgan fingerprint density at radius 1 is 0.923 bits per heavy atom. The predicted octanol–water partition coefficient (Wildman–Crippen LogP) is 3.72. The molecule has 0 atom stereocenters. The van der Waals surface area contributed by atoms with Gasteiger partial charge in [0.2, 0.25) is 0 Å². The van der Waals surface area contributed by atoms with Gasteiger partial charge in [-0.3, -0.25) is 4.99 Å². The van der Waals surface area contributed by atoms with Crippen molar-refractivity contribution in [2.75, 3.05) is 13.1 Å². The smallest absolute Gasteiger partial charge is 0.0823 e. The van der Waals surface area contributed by atoms with Crippen LogP contribution in [0.2, 0.25) is 0 Å². The van der Waals surface area contributed by atoms with Crippen LogP contribution >= 0.6 is 0 Å². The van der Waals surface area contributed by atoms with E-state index in [-0.39, 0.29) is 0 Å². The summed E-state index contributed by atoms with van der Waals surface area (Å²) in [5.41, 5.74) is 0. The third-order valence-corrected chi connectivity index (χ3v) is 0.569. The first-order chi connectivity index (χ1) is 6.41. The van der Waals surface area contributed by atoms with Crippen molar-refractivity contribution in [1.82, 2.24) is 5.32 Å². The molecule has 84 valence electrons. The lowest BCUT2D eigenvalue weighted by Gasteiger charge is -1.86. The van der Waals surface area contributed by atoms with E-state index in [4.69, 9.17) is 0 Å². The quantitative estimate of drug-likeness (QED) is 0.532. The molecule has 0 heterocycles. The molecule has 0 aliphatic carbocycles. The van der Waals surface area contributed by atoms with E-state index in [0.717, 1.165) is 13.1 Å². The van der Waals surface area contributed by atoms with Crippen LogP contribution in [0.4, 0.5) is 0 Å². The summed E-state index contributed by atoms with van der Waals surface area (Å²) in [7, 11) is 0. The van der Waals surface area contributed by atoms with Gasteiger partial charge in [-0.05, 0) is 13.8 Å². The molecule has 0 aromatic rings. The molecule has 0 aromatic heterocycles. The van der Waals surface area contributed by atoms with Gasteiger partial charge >= 0.3 is 0 Å². The standard InChI is InChI=1S/C5H12N2.3C2H6/c1-3-6-5-7-4-2;3*1-2/h5H,3-4H2,1-2H3,(H,6,7);3*1-2H3. The monoisotopic (exact) mass is 190 g/mol. The molecule has 0 aliphatic rings. The van der Waals surface area contributed by atoms with Crippen molar-refractivity contribution in [2.24, 2.45) is 4.99 Å². The van der Waals surface area contributed by atoms with E-state index in [0.29, 0.717) is 0 Å². The summed E-state index contributed by atoms with van der Waals surface area (Å²) in [4.78, 5) is 3.93. The molecule has 0 rings (SSSR count). The zero-order chi connectivity index (χ0) is 11.5. The Labute approximate surface area is 85.9 Å². The fraction of sp³-hybridized carbons (Fsp3) is 0.909. The number of nitrogens with zero attached hydrogens (tertiary/aromatic N) is 1. The van der Waals surface area contributed by atoms with Crippen LogP contribution in [0.25, 0.3) is 0 Å². The topological polar surface area (TPSA) is 24.4 Å². The van der Waals surface area contributed by atoms with Crippen molar-refractivity contribution >= 4 is 6.34 Å². The Hall–Kier alpha value is -0.530. The van der Waals surface area contributed by atoms with Gasteiger partial charge in [0.1, 0.15) is 0 Å². The molecule has 2 heteroatoms.